The lowest BCUT2D eigenvalue weighted by atomic mass is 10.0. The summed E-state index contributed by atoms with van der Waals surface area (Å²) < 4.78 is 4.72. The van der Waals surface area contributed by atoms with Gasteiger partial charge in [-0.25, -0.2) is 0 Å². The van der Waals surface area contributed by atoms with Crippen molar-refractivity contribution in [1.82, 2.24) is 0 Å². The van der Waals surface area contributed by atoms with Crippen LogP contribution >= 0.6 is 12.4 Å². The summed E-state index contributed by atoms with van der Waals surface area (Å²) in [5.74, 6) is -0.425. The van der Waals surface area contributed by atoms with Gasteiger partial charge in [0, 0.05) is 6.04 Å². The molecule has 1 aliphatic carbocycles. The molecule has 0 aliphatic heterocycles. The molecule has 0 unspecified atom stereocenters. The third kappa shape index (κ3) is 1.98. The van der Waals surface area contributed by atoms with E-state index in [4.69, 9.17) is 10.5 Å². The van der Waals surface area contributed by atoms with Crippen molar-refractivity contribution in [1.29, 1.82) is 0 Å². The molecule has 0 saturated carbocycles. The average Bonchev–Trinajstić information content (AvgIpc) is 2.56. The van der Waals surface area contributed by atoms with Gasteiger partial charge in [0.25, 0.3) is 0 Å². The van der Waals surface area contributed by atoms with Gasteiger partial charge in [0.2, 0.25) is 0 Å². The predicted molar refractivity (Wildman–Crippen MR) is 59.8 cm³/mol. The number of nitrogens with two attached hydrogens (primary N) is 1. The van der Waals surface area contributed by atoms with Crippen LogP contribution in [0.5, 0.6) is 0 Å². The fraction of sp³-hybridized carbons (Fsp3) is 0.364. The lowest BCUT2D eigenvalue weighted by Crippen LogP contribution is -2.25. The van der Waals surface area contributed by atoms with Crippen molar-refractivity contribution in [2.45, 2.75) is 12.5 Å². The number of carbonyl (C=O) groups is 1. The van der Waals surface area contributed by atoms with Crippen LogP contribution < -0.4 is 5.73 Å². The van der Waals surface area contributed by atoms with Gasteiger partial charge in [0.1, 0.15) is 0 Å². The van der Waals surface area contributed by atoms with Crippen molar-refractivity contribution >= 4 is 18.4 Å². The fourth-order valence-electron chi connectivity index (χ4n) is 2.01. The summed E-state index contributed by atoms with van der Waals surface area (Å²) in [4.78, 5) is 11.4. The van der Waals surface area contributed by atoms with E-state index in [0.29, 0.717) is 6.42 Å². The van der Waals surface area contributed by atoms with E-state index in [1.807, 2.05) is 24.3 Å². The molecule has 4 heteroatoms. The van der Waals surface area contributed by atoms with Crippen LogP contribution in [0.2, 0.25) is 0 Å². The quantitative estimate of drug-likeness (QED) is 0.739. The van der Waals surface area contributed by atoms with E-state index in [1.165, 1.54) is 7.11 Å². The summed E-state index contributed by atoms with van der Waals surface area (Å²) in [5.41, 5.74) is 8.20. The van der Waals surface area contributed by atoms with E-state index in [1.54, 1.807) is 0 Å². The molecule has 3 nitrogen and oxygen atoms in total. The van der Waals surface area contributed by atoms with Crippen molar-refractivity contribution in [3.05, 3.63) is 35.4 Å². The second-order valence-electron chi connectivity index (χ2n) is 3.56. The molecule has 2 N–H and O–H groups in total. The molecule has 0 heterocycles. The zero-order valence-electron chi connectivity index (χ0n) is 8.47. The number of hydrogen-bond acceptors (Lipinski definition) is 3. The Hall–Kier alpha value is -1.06. The highest BCUT2D eigenvalue weighted by atomic mass is 35.5. The minimum atomic E-state index is -0.214. The molecule has 2 rings (SSSR count). The first-order valence-corrected chi connectivity index (χ1v) is 4.65. The predicted octanol–water partition coefficient (Wildman–Crippen LogP) is 1.45. The monoisotopic (exact) mass is 227 g/mol. The SMILES string of the molecule is COC(=O)[C@@H]1Cc2ccccc2[C@@H]1N.Cl. The molecular weight excluding hydrogens is 214 g/mol. The van der Waals surface area contributed by atoms with Crippen LogP contribution in [0.4, 0.5) is 0 Å². The number of fused-ring (bicyclic) bond motifs is 1. The van der Waals surface area contributed by atoms with Crippen molar-refractivity contribution in [2.24, 2.45) is 11.7 Å². The summed E-state index contributed by atoms with van der Waals surface area (Å²) in [5, 5.41) is 0. The first-order valence-electron chi connectivity index (χ1n) is 4.65. The summed E-state index contributed by atoms with van der Waals surface area (Å²) in [6, 6.07) is 7.68. The van der Waals surface area contributed by atoms with Gasteiger partial charge in [0.15, 0.2) is 0 Å². The Balaban J connectivity index is 0.00000112. The van der Waals surface area contributed by atoms with E-state index < -0.39 is 0 Å². The Morgan fingerprint density at radius 1 is 1.47 bits per heavy atom. The zero-order valence-corrected chi connectivity index (χ0v) is 9.29. The summed E-state index contributed by atoms with van der Waals surface area (Å²) in [6.07, 6.45) is 0.698. The summed E-state index contributed by atoms with van der Waals surface area (Å²) in [7, 11) is 1.40. The number of ether oxygens (including phenoxy) is 1. The smallest absolute Gasteiger partial charge is 0.310 e. The van der Waals surface area contributed by atoms with Crippen molar-refractivity contribution in [2.75, 3.05) is 7.11 Å². The average molecular weight is 228 g/mol. The number of rotatable bonds is 1. The van der Waals surface area contributed by atoms with Crippen LogP contribution in [0.3, 0.4) is 0 Å². The maximum Gasteiger partial charge on any atom is 0.310 e. The van der Waals surface area contributed by atoms with Crippen molar-refractivity contribution in [3.8, 4) is 0 Å². The number of esters is 1. The minimum absolute atomic E-state index is 0. The van der Waals surface area contributed by atoms with Gasteiger partial charge in [-0.15, -0.1) is 12.4 Å². The van der Waals surface area contributed by atoms with Gasteiger partial charge in [-0.3, -0.25) is 4.79 Å². The number of methoxy groups -OCH3 is 1. The van der Waals surface area contributed by atoms with Crippen LogP contribution in [0.15, 0.2) is 24.3 Å². The Morgan fingerprint density at radius 2 is 2.13 bits per heavy atom. The number of halogens is 1. The molecule has 0 amide bonds. The van der Waals surface area contributed by atoms with Crippen molar-refractivity contribution < 1.29 is 9.53 Å². The second-order valence-corrected chi connectivity index (χ2v) is 3.56. The molecule has 2 atom stereocenters. The second kappa shape index (κ2) is 4.64. The molecule has 0 radical (unpaired) electrons. The molecule has 1 aromatic rings. The molecule has 15 heavy (non-hydrogen) atoms. The highest BCUT2D eigenvalue weighted by Crippen LogP contribution is 2.34. The summed E-state index contributed by atoms with van der Waals surface area (Å²) >= 11 is 0. The molecule has 0 bridgehead atoms. The zero-order chi connectivity index (χ0) is 10.1. The highest BCUT2D eigenvalue weighted by molar-refractivity contribution is 5.85. The molecular formula is C11H14ClNO2. The van der Waals surface area contributed by atoms with E-state index in [9.17, 15) is 4.79 Å². The first-order chi connectivity index (χ1) is 6.74. The van der Waals surface area contributed by atoms with Crippen LogP contribution in [-0.4, -0.2) is 13.1 Å². The maximum absolute atomic E-state index is 11.4. The molecule has 0 fully saturated rings. The molecule has 82 valence electrons. The lowest BCUT2D eigenvalue weighted by molar-refractivity contribution is -0.145. The molecule has 1 aliphatic rings. The molecule has 1 aromatic carbocycles. The number of hydrogen-bond donors (Lipinski definition) is 1. The van der Waals surface area contributed by atoms with Gasteiger partial charge in [-0.2, -0.15) is 0 Å². The van der Waals surface area contributed by atoms with Gasteiger partial charge < -0.3 is 10.5 Å². The maximum atomic E-state index is 11.4. The van der Waals surface area contributed by atoms with Crippen LogP contribution in [0, 0.1) is 5.92 Å². The van der Waals surface area contributed by atoms with Crippen LogP contribution in [-0.2, 0) is 16.0 Å². The molecule has 0 aromatic heterocycles. The van der Waals surface area contributed by atoms with Crippen LogP contribution in [0.1, 0.15) is 17.2 Å². The Morgan fingerprint density at radius 3 is 2.73 bits per heavy atom. The molecule has 0 saturated heterocycles. The van der Waals surface area contributed by atoms with E-state index in [0.717, 1.165) is 11.1 Å². The van der Waals surface area contributed by atoms with Crippen molar-refractivity contribution in [3.63, 3.8) is 0 Å². The van der Waals surface area contributed by atoms with Gasteiger partial charge in [0.05, 0.1) is 13.0 Å². The number of benzene rings is 1. The third-order valence-electron chi connectivity index (χ3n) is 2.79. The minimum Gasteiger partial charge on any atom is -0.469 e. The third-order valence-corrected chi connectivity index (χ3v) is 2.79. The lowest BCUT2D eigenvalue weighted by Gasteiger charge is -2.12. The molecule has 0 spiro atoms. The Kier molecular flexibility index (Phi) is 3.72. The van der Waals surface area contributed by atoms with E-state index in [2.05, 4.69) is 0 Å². The summed E-state index contributed by atoms with van der Waals surface area (Å²) in [6.45, 7) is 0. The Labute approximate surface area is 95.0 Å². The largest absolute Gasteiger partial charge is 0.469 e. The normalized spacial score (nSPS) is 22.8. The Bertz CT molecular complexity index is 367. The van der Waals surface area contributed by atoms with Crippen LogP contribution in [0.25, 0.3) is 0 Å². The topological polar surface area (TPSA) is 52.3 Å². The fourth-order valence-corrected chi connectivity index (χ4v) is 2.01. The van der Waals surface area contributed by atoms with E-state index >= 15 is 0 Å². The standard InChI is InChI=1S/C11H13NO2.ClH/c1-14-11(13)9-6-7-4-2-3-5-8(7)10(9)12;/h2-5,9-10H,6,12H2,1H3;1H/t9-,10+;/m1./s1. The number of carbonyl (C=O) groups excluding carboxylic acids is 1. The van der Waals surface area contributed by atoms with Gasteiger partial charge >= 0.3 is 5.97 Å². The van der Waals surface area contributed by atoms with Gasteiger partial charge in [-0.05, 0) is 17.5 Å². The van der Waals surface area contributed by atoms with Gasteiger partial charge in [-0.1, -0.05) is 24.3 Å². The van der Waals surface area contributed by atoms with E-state index in [-0.39, 0.29) is 30.3 Å². The first kappa shape index (κ1) is 12.0. The highest BCUT2D eigenvalue weighted by Gasteiger charge is 2.35.